The summed E-state index contributed by atoms with van der Waals surface area (Å²) in [6.45, 7) is 1.84. The summed E-state index contributed by atoms with van der Waals surface area (Å²) in [4.78, 5) is 23.2. The van der Waals surface area contributed by atoms with Crippen LogP contribution in [0.3, 0.4) is 0 Å². The first kappa shape index (κ1) is 14.1. The summed E-state index contributed by atoms with van der Waals surface area (Å²) in [5.41, 5.74) is 3.06. The smallest absolute Gasteiger partial charge is 0.354 e. The van der Waals surface area contributed by atoms with Crippen molar-refractivity contribution < 1.29 is 14.3 Å². The number of rotatable bonds is 4. The second kappa shape index (κ2) is 5.74. The molecule has 4 nitrogen and oxygen atoms in total. The van der Waals surface area contributed by atoms with Gasteiger partial charge in [0.2, 0.25) is 0 Å². The van der Waals surface area contributed by atoms with Crippen molar-refractivity contribution in [2.24, 2.45) is 7.05 Å². The van der Waals surface area contributed by atoms with Crippen LogP contribution in [-0.2, 0) is 11.8 Å². The van der Waals surface area contributed by atoms with E-state index in [-0.39, 0.29) is 11.8 Å². The van der Waals surface area contributed by atoms with E-state index < -0.39 is 0 Å². The highest BCUT2D eigenvalue weighted by Crippen LogP contribution is 2.22. The Labute approximate surface area is 118 Å². The average molecular weight is 271 g/mol. The molecule has 0 saturated carbocycles. The van der Waals surface area contributed by atoms with Crippen molar-refractivity contribution in [3.63, 3.8) is 0 Å². The first-order chi connectivity index (χ1) is 9.58. The number of ether oxygens (including phenoxy) is 1. The van der Waals surface area contributed by atoms with Crippen LogP contribution in [-0.4, -0.2) is 23.4 Å². The minimum Gasteiger partial charge on any atom is -0.464 e. The molecular formula is C16H17NO3. The molecule has 0 radical (unpaired) electrons. The summed E-state index contributed by atoms with van der Waals surface area (Å²) in [7, 11) is 3.17. The number of nitrogens with zero attached hydrogens (tertiary/aromatic N) is 1. The first-order valence-electron chi connectivity index (χ1n) is 6.46. The molecule has 0 spiro atoms. The molecule has 1 aromatic heterocycles. The Morgan fingerprint density at radius 2 is 1.75 bits per heavy atom. The van der Waals surface area contributed by atoms with Gasteiger partial charge in [0.1, 0.15) is 5.69 Å². The Hall–Kier alpha value is -2.36. The second-order valence-corrected chi connectivity index (χ2v) is 4.51. The number of carbonyl (C=O) groups excluding carboxylic acids is 2. The fraction of sp³-hybridized carbons (Fsp3) is 0.250. The molecule has 0 bridgehead atoms. The number of methoxy groups -OCH3 is 1. The molecule has 1 heterocycles. The summed E-state index contributed by atoms with van der Waals surface area (Å²) < 4.78 is 6.51. The molecule has 104 valence electrons. The van der Waals surface area contributed by atoms with Crippen molar-refractivity contribution in [1.29, 1.82) is 0 Å². The fourth-order valence-corrected chi connectivity index (χ4v) is 2.14. The Morgan fingerprint density at radius 1 is 1.10 bits per heavy atom. The topological polar surface area (TPSA) is 48.3 Å². The summed E-state index contributed by atoms with van der Waals surface area (Å²) in [6, 6.07) is 11.0. The highest BCUT2D eigenvalue weighted by Gasteiger charge is 2.13. The SMILES string of the molecule is CCC(=O)c1ccc(-c2ccc(C(=O)OC)n2C)cc1. The maximum atomic E-state index is 11.6. The number of benzene rings is 1. The number of carbonyl (C=O) groups is 2. The van der Waals surface area contributed by atoms with Gasteiger partial charge in [-0.05, 0) is 17.7 Å². The summed E-state index contributed by atoms with van der Waals surface area (Å²) in [5, 5.41) is 0. The number of aromatic nitrogens is 1. The summed E-state index contributed by atoms with van der Waals surface area (Å²) in [6.07, 6.45) is 0.496. The average Bonchev–Trinajstić information content (AvgIpc) is 2.87. The maximum Gasteiger partial charge on any atom is 0.354 e. The molecule has 1 aromatic carbocycles. The van der Waals surface area contributed by atoms with Crippen LogP contribution in [0.25, 0.3) is 11.3 Å². The first-order valence-corrected chi connectivity index (χ1v) is 6.46. The zero-order chi connectivity index (χ0) is 14.7. The zero-order valence-corrected chi connectivity index (χ0v) is 11.8. The molecule has 0 aliphatic rings. The van der Waals surface area contributed by atoms with E-state index in [9.17, 15) is 9.59 Å². The number of hydrogen-bond acceptors (Lipinski definition) is 3. The van der Waals surface area contributed by atoms with E-state index in [1.807, 2.05) is 44.3 Å². The van der Waals surface area contributed by atoms with Crippen LogP contribution in [0, 0.1) is 0 Å². The maximum absolute atomic E-state index is 11.6. The van der Waals surface area contributed by atoms with Gasteiger partial charge < -0.3 is 9.30 Å². The quantitative estimate of drug-likeness (QED) is 0.634. The Kier molecular flexibility index (Phi) is 4.03. The second-order valence-electron chi connectivity index (χ2n) is 4.51. The third-order valence-corrected chi connectivity index (χ3v) is 3.34. The minimum absolute atomic E-state index is 0.124. The predicted octanol–water partition coefficient (Wildman–Crippen LogP) is 3.07. The minimum atomic E-state index is -0.364. The zero-order valence-electron chi connectivity index (χ0n) is 11.8. The molecule has 2 aromatic rings. The highest BCUT2D eigenvalue weighted by atomic mass is 16.5. The van der Waals surface area contributed by atoms with Gasteiger partial charge in [0.25, 0.3) is 0 Å². The number of ketones is 1. The third kappa shape index (κ3) is 2.50. The fourth-order valence-electron chi connectivity index (χ4n) is 2.14. The lowest BCUT2D eigenvalue weighted by Gasteiger charge is -2.07. The van der Waals surface area contributed by atoms with Crippen molar-refractivity contribution in [2.45, 2.75) is 13.3 Å². The lowest BCUT2D eigenvalue weighted by Crippen LogP contribution is -2.08. The van der Waals surface area contributed by atoms with Gasteiger partial charge in [-0.15, -0.1) is 0 Å². The lowest BCUT2D eigenvalue weighted by molar-refractivity contribution is 0.0590. The van der Waals surface area contributed by atoms with Crippen molar-refractivity contribution in [3.05, 3.63) is 47.7 Å². The molecule has 2 rings (SSSR count). The highest BCUT2D eigenvalue weighted by molar-refractivity contribution is 5.96. The third-order valence-electron chi connectivity index (χ3n) is 3.34. The number of hydrogen-bond donors (Lipinski definition) is 0. The molecule has 0 N–H and O–H groups in total. The van der Waals surface area contributed by atoms with Crippen molar-refractivity contribution in [3.8, 4) is 11.3 Å². The predicted molar refractivity (Wildman–Crippen MR) is 76.8 cm³/mol. The standard InChI is InChI=1S/C16H17NO3/c1-4-15(18)12-7-5-11(6-8-12)13-9-10-14(17(13)2)16(19)20-3/h5-10H,4H2,1-3H3. The van der Waals surface area contributed by atoms with Crippen LogP contribution >= 0.6 is 0 Å². The molecule has 20 heavy (non-hydrogen) atoms. The number of esters is 1. The van der Waals surface area contributed by atoms with Gasteiger partial charge in [-0.1, -0.05) is 31.2 Å². The molecule has 0 unspecified atom stereocenters. The van der Waals surface area contributed by atoms with Gasteiger partial charge in [-0.3, -0.25) is 4.79 Å². The van der Waals surface area contributed by atoms with Crippen LogP contribution in [0.5, 0.6) is 0 Å². The van der Waals surface area contributed by atoms with E-state index in [1.54, 1.807) is 10.6 Å². The van der Waals surface area contributed by atoms with Gasteiger partial charge in [0.15, 0.2) is 5.78 Å². The van der Waals surface area contributed by atoms with E-state index in [4.69, 9.17) is 4.74 Å². The van der Waals surface area contributed by atoms with Gasteiger partial charge in [0.05, 0.1) is 7.11 Å². The summed E-state index contributed by atoms with van der Waals surface area (Å²) >= 11 is 0. The van der Waals surface area contributed by atoms with Crippen LogP contribution in [0.15, 0.2) is 36.4 Å². The van der Waals surface area contributed by atoms with Crippen molar-refractivity contribution in [2.75, 3.05) is 7.11 Å². The van der Waals surface area contributed by atoms with E-state index >= 15 is 0 Å². The molecule has 4 heteroatoms. The molecule has 0 aliphatic carbocycles. The van der Waals surface area contributed by atoms with E-state index in [1.165, 1.54) is 7.11 Å². The van der Waals surface area contributed by atoms with Gasteiger partial charge in [0, 0.05) is 24.7 Å². The monoisotopic (exact) mass is 271 g/mol. The Morgan fingerprint density at radius 3 is 2.30 bits per heavy atom. The van der Waals surface area contributed by atoms with Gasteiger partial charge in [-0.25, -0.2) is 4.79 Å². The molecule has 0 amide bonds. The van der Waals surface area contributed by atoms with E-state index in [0.717, 1.165) is 11.3 Å². The van der Waals surface area contributed by atoms with Gasteiger partial charge >= 0.3 is 5.97 Å². The molecule has 0 fully saturated rings. The Balaban J connectivity index is 2.35. The molecule has 0 atom stereocenters. The van der Waals surface area contributed by atoms with Crippen molar-refractivity contribution >= 4 is 11.8 Å². The van der Waals surface area contributed by atoms with E-state index in [2.05, 4.69) is 0 Å². The largest absolute Gasteiger partial charge is 0.464 e. The van der Waals surface area contributed by atoms with Crippen LogP contribution in [0.4, 0.5) is 0 Å². The van der Waals surface area contributed by atoms with Crippen LogP contribution in [0.2, 0.25) is 0 Å². The van der Waals surface area contributed by atoms with Gasteiger partial charge in [-0.2, -0.15) is 0 Å². The number of Topliss-reactive ketones (excluding diaryl/α,β-unsaturated/α-hetero) is 1. The van der Waals surface area contributed by atoms with Crippen LogP contribution in [0.1, 0.15) is 34.2 Å². The lowest BCUT2D eigenvalue weighted by atomic mass is 10.1. The molecule has 0 saturated heterocycles. The van der Waals surface area contributed by atoms with E-state index in [0.29, 0.717) is 17.7 Å². The van der Waals surface area contributed by atoms with Crippen molar-refractivity contribution in [1.82, 2.24) is 4.57 Å². The molecule has 0 aliphatic heterocycles. The molecular weight excluding hydrogens is 254 g/mol. The van der Waals surface area contributed by atoms with Crippen LogP contribution < -0.4 is 0 Å². The normalized spacial score (nSPS) is 10.3. The summed E-state index contributed by atoms with van der Waals surface area (Å²) in [5.74, 6) is -0.241. The Bertz CT molecular complexity index is 638.